The van der Waals surface area contributed by atoms with Crippen LogP contribution in [0.25, 0.3) is 0 Å². The average Bonchev–Trinajstić information content (AvgIpc) is 3.21. The number of rotatable bonds is 10. The highest BCUT2D eigenvalue weighted by molar-refractivity contribution is 9.10. The van der Waals surface area contributed by atoms with Gasteiger partial charge in [-0.1, -0.05) is 46.3 Å². The van der Waals surface area contributed by atoms with E-state index in [0.717, 1.165) is 28.9 Å². The molecule has 7 heteroatoms. The molecule has 1 atom stereocenters. The molecule has 158 valence electrons. The van der Waals surface area contributed by atoms with Gasteiger partial charge in [0.2, 0.25) is 0 Å². The number of amides is 1. The molecule has 0 aliphatic carbocycles. The van der Waals surface area contributed by atoms with Crippen molar-refractivity contribution in [3.05, 3.63) is 88.3 Å². The molecular formula is C23H25BrN2O3S. The molecule has 3 rings (SSSR count). The topological polar surface area (TPSA) is 62.6 Å². The minimum absolute atomic E-state index is 0.235. The molecule has 0 aliphatic rings. The van der Waals surface area contributed by atoms with Crippen molar-refractivity contribution in [2.24, 2.45) is 0 Å². The van der Waals surface area contributed by atoms with Crippen LogP contribution >= 0.6 is 15.9 Å². The van der Waals surface area contributed by atoms with E-state index in [4.69, 9.17) is 4.42 Å². The van der Waals surface area contributed by atoms with E-state index in [2.05, 4.69) is 45.3 Å². The van der Waals surface area contributed by atoms with Gasteiger partial charge in [-0.3, -0.25) is 9.00 Å². The van der Waals surface area contributed by atoms with Crippen LogP contribution in [0.3, 0.4) is 0 Å². The van der Waals surface area contributed by atoms with Crippen LogP contribution in [0.4, 0.5) is 0 Å². The normalized spacial score (nSPS) is 12.1. The number of hydrogen-bond acceptors (Lipinski definition) is 4. The Morgan fingerprint density at radius 2 is 1.80 bits per heavy atom. The van der Waals surface area contributed by atoms with Crippen LogP contribution in [0.2, 0.25) is 0 Å². The van der Waals surface area contributed by atoms with Crippen molar-refractivity contribution in [3.63, 3.8) is 0 Å². The molecule has 1 aromatic heterocycles. The summed E-state index contributed by atoms with van der Waals surface area (Å²) in [7, 11) is 0.845. The molecule has 0 radical (unpaired) electrons. The van der Waals surface area contributed by atoms with Crippen LogP contribution in [-0.2, 0) is 23.1 Å². The molecule has 0 spiro atoms. The van der Waals surface area contributed by atoms with Crippen LogP contribution in [0, 0.1) is 0 Å². The second-order valence-electron chi connectivity index (χ2n) is 7.04. The average molecular weight is 489 g/mol. The standard InChI is InChI=1S/C23H25BrN2O3S/c1-26(16-18-6-3-2-4-7-18)15-5-14-25-23(27)22-13-10-20(29-22)17-30(28)21-11-8-19(24)9-12-21/h2-4,6-13H,5,14-17H2,1H3,(H,25,27)/t30-/m0/s1. The summed E-state index contributed by atoms with van der Waals surface area (Å²) >= 11 is 3.36. The second-order valence-corrected chi connectivity index (χ2v) is 9.41. The zero-order valence-electron chi connectivity index (χ0n) is 16.8. The van der Waals surface area contributed by atoms with Gasteiger partial charge in [-0.25, -0.2) is 0 Å². The molecule has 0 unspecified atom stereocenters. The number of nitrogens with zero attached hydrogens (tertiary/aromatic N) is 1. The molecule has 0 bridgehead atoms. The maximum Gasteiger partial charge on any atom is 0.286 e. The predicted molar refractivity (Wildman–Crippen MR) is 123 cm³/mol. The summed E-state index contributed by atoms with van der Waals surface area (Å²) in [4.78, 5) is 15.2. The van der Waals surface area contributed by atoms with E-state index >= 15 is 0 Å². The third-order valence-corrected chi connectivity index (χ3v) is 6.41. The highest BCUT2D eigenvalue weighted by atomic mass is 79.9. The molecule has 3 aromatic rings. The number of carbonyl (C=O) groups excluding carboxylic acids is 1. The Morgan fingerprint density at radius 1 is 1.07 bits per heavy atom. The Kier molecular flexibility index (Phi) is 8.42. The minimum atomic E-state index is -1.22. The maximum atomic E-state index is 12.4. The van der Waals surface area contributed by atoms with Gasteiger partial charge in [0.05, 0.1) is 16.6 Å². The van der Waals surface area contributed by atoms with Gasteiger partial charge in [0.1, 0.15) is 5.76 Å². The number of hydrogen-bond donors (Lipinski definition) is 1. The van der Waals surface area contributed by atoms with E-state index in [1.54, 1.807) is 12.1 Å². The molecule has 0 aliphatic heterocycles. The fourth-order valence-corrected chi connectivity index (χ4v) is 4.27. The monoisotopic (exact) mass is 488 g/mol. The van der Waals surface area contributed by atoms with Gasteiger partial charge >= 0.3 is 0 Å². The maximum absolute atomic E-state index is 12.4. The molecule has 1 amide bonds. The van der Waals surface area contributed by atoms with Crippen LogP contribution < -0.4 is 5.32 Å². The molecule has 0 saturated carbocycles. The van der Waals surface area contributed by atoms with Gasteiger partial charge in [-0.2, -0.15) is 0 Å². The Bertz CT molecular complexity index is 974. The summed E-state index contributed by atoms with van der Waals surface area (Å²) in [5.41, 5.74) is 1.27. The van der Waals surface area contributed by atoms with Crippen LogP contribution in [-0.4, -0.2) is 35.2 Å². The Hall–Kier alpha value is -2.22. The summed E-state index contributed by atoms with van der Waals surface area (Å²) in [6, 6.07) is 21.0. The third kappa shape index (κ3) is 6.93. The molecule has 5 nitrogen and oxygen atoms in total. The van der Waals surface area contributed by atoms with E-state index < -0.39 is 10.8 Å². The van der Waals surface area contributed by atoms with Crippen molar-refractivity contribution in [1.29, 1.82) is 0 Å². The first-order chi connectivity index (χ1) is 14.5. The SMILES string of the molecule is CN(CCCNC(=O)c1ccc(C[S@](=O)c2ccc(Br)cc2)o1)Cc1ccccc1. The lowest BCUT2D eigenvalue weighted by molar-refractivity contribution is 0.0922. The van der Waals surface area contributed by atoms with Crippen molar-refractivity contribution >= 4 is 32.6 Å². The number of furan rings is 1. The first-order valence-corrected chi connectivity index (χ1v) is 11.9. The molecule has 30 heavy (non-hydrogen) atoms. The highest BCUT2D eigenvalue weighted by Crippen LogP contribution is 2.17. The van der Waals surface area contributed by atoms with E-state index in [0.29, 0.717) is 12.3 Å². The van der Waals surface area contributed by atoms with Gasteiger partial charge in [0.15, 0.2) is 5.76 Å². The summed E-state index contributed by atoms with van der Waals surface area (Å²) in [6.45, 7) is 2.33. The number of nitrogens with one attached hydrogen (secondary N) is 1. The van der Waals surface area contributed by atoms with Gasteiger partial charge in [-0.15, -0.1) is 0 Å². The fourth-order valence-electron chi connectivity index (χ4n) is 2.99. The number of benzene rings is 2. The van der Waals surface area contributed by atoms with Crippen molar-refractivity contribution in [2.75, 3.05) is 20.1 Å². The van der Waals surface area contributed by atoms with Crippen molar-refractivity contribution < 1.29 is 13.4 Å². The number of halogens is 1. The first kappa shape index (κ1) is 22.5. The summed E-state index contributed by atoms with van der Waals surface area (Å²) in [5.74, 6) is 0.764. The first-order valence-electron chi connectivity index (χ1n) is 9.74. The highest BCUT2D eigenvalue weighted by Gasteiger charge is 2.13. The van der Waals surface area contributed by atoms with Gasteiger partial charge in [0, 0.05) is 22.5 Å². The van der Waals surface area contributed by atoms with E-state index in [1.807, 2.05) is 42.5 Å². The van der Waals surface area contributed by atoms with Gasteiger partial charge < -0.3 is 14.6 Å². The lowest BCUT2D eigenvalue weighted by atomic mass is 10.2. The van der Waals surface area contributed by atoms with Crippen molar-refractivity contribution in [3.8, 4) is 0 Å². The third-order valence-electron chi connectivity index (χ3n) is 4.53. The zero-order valence-corrected chi connectivity index (χ0v) is 19.2. The zero-order chi connectivity index (χ0) is 21.3. The number of carbonyl (C=O) groups is 1. The Morgan fingerprint density at radius 3 is 2.53 bits per heavy atom. The summed E-state index contributed by atoms with van der Waals surface area (Å²) in [5, 5.41) is 2.88. The lowest BCUT2D eigenvalue weighted by Gasteiger charge is -2.16. The predicted octanol–water partition coefficient (Wildman–Crippen LogP) is 4.60. The smallest absolute Gasteiger partial charge is 0.286 e. The fraction of sp³-hybridized carbons (Fsp3) is 0.261. The van der Waals surface area contributed by atoms with Gasteiger partial charge in [-0.05, 0) is 62.0 Å². The van der Waals surface area contributed by atoms with Crippen LogP contribution in [0.15, 0.2) is 80.5 Å². The van der Waals surface area contributed by atoms with Crippen molar-refractivity contribution in [1.82, 2.24) is 10.2 Å². The van der Waals surface area contributed by atoms with Gasteiger partial charge in [0.25, 0.3) is 5.91 Å². The molecular weight excluding hydrogens is 464 g/mol. The molecule has 2 aromatic carbocycles. The minimum Gasteiger partial charge on any atom is -0.455 e. The van der Waals surface area contributed by atoms with E-state index in [9.17, 15) is 9.00 Å². The molecule has 1 N–H and O–H groups in total. The largest absolute Gasteiger partial charge is 0.455 e. The quantitative estimate of drug-likeness (QED) is 0.423. The van der Waals surface area contributed by atoms with Crippen LogP contribution in [0.5, 0.6) is 0 Å². The molecule has 1 heterocycles. The Balaban J connectivity index is 1.40. The lowest BCUT2D eigenvalue weighted by Crippen LogP contribution is -2.27. The van der Waals surface area contributed by atoms with Crippen LogP contribution in [0.1, 0.15) is 28.3 Å². The molecule has 0 fully saturated rings. The Labute approximate surface area is 188 Å². The summed E-state index contributed by atoms with van der Waals surface area (Å²) < 4.78 is 19.0. The van der Waals surface area contributed by atoms with E-state index in [-0.39, 0.29) is 17.4 Å². The summed E-state index contributed by atoms with van der Waals surface area (Å²) in [6.07, 6.45) is 0.843. The molecule has 0 saturated heterocycles. The van der Waals surface area contributed by atoms with Crippen molar-refractivity contribution in [2.45, 2.75) is 23.6 Å². The van der Waals surface area contributed by atoms with E-state index in [1.165, 1.54) is 5.56 Å². The second kappa shape index (κ2) is 11.2.